The Morgan fingerprint density at radius 3 is 2.22 bits per heavy atom. The molecule has 2 saturated heterocycles. The first-order valence-corrected chi connectivity index (χ1v) is 11.7. The van der Waals surface area contributed by atoms with Gasteiger partial charge in [0.05, 0.1) is 6.54 Å². The zero-order chi connectivity index (χ0) is 23.1. The van der Waals surface area contributed by atoms with Gasteiger partial charge in [-0.25, -0.2) is 9.79 Å². The molecule has 0 saturated carbocycles. The molecule has 2 N–H and O–H groups in total. The molecule has 0 bridgehead atoms. The van der Waals surface area contributed by atoms with Crippen molar-refractivity contribution in [2.45, 2.75) is 45.9 Å². The molecule has 8 heteroatoms. The largest absolute Gasteiger partial charge is 0.444 e. The number of benzene rings is 1. The van der Waals surface area contributed by atoms with Crippen molar-refractivity contribution in [3.8, 4) is 0 Å². The molecule has 1 aromatic rings. The third-order valence-corrected chi connectivity index (χ3v) is 5.92. The number of carbonyl (C=O) groups excluding carboxylic acids is 1. The number of aliphatic imine (C=N–C) groups is 1. The Kier molecular flexibility index (Phi) is 8.37. The maximum absolute atomic E-state index is 12.2. The van der Waals surface area contributed by atoms with Crippen LogP contribution in [0.15, 0.2) is 29.3 Å². The van der Waals surface area contributed by atoms with Crippen LogP contribution in [0, 0.1) is 0 Å². The number of likely N-dealkylation sites (N-methyl/N-ethyl adjacent to an activating group) is 1. The first kappa shape index (κ1) is 24.3. The Labute approximate surface area is 193 Å². The van der Waals surface area contributed by atoms with Gasteiger partial charge in [0.2, 0.25) is 0 Å². The van der Waals surface area contributed by atoms with Crippen molar-refractivity contribution < 1.29 is 9.53 Å². The van der Waals surface area contributed by atoms with Crippen LogP contribution in [0.1, 0.15) is 38.3 Å². The highest BCUT2D eigenvalue weighted by Gasteiger charge is 2.26. The minimum absolute atomic E-state index is 0.264. The lowest BCUT2D eigenvalue weighted by Gasteiger charge is -2.36. The molecule has 8 nitrogen and oxygen atoms in total. The Hall–Kier alpha value is -2.32. The molecule has 32 heavy (non-hydrogen) atoms. The monoisotopic (exact) mass is 444 g/mol. The van der Waals surface area contributed by atoms with Gasteiger partial charge in [0.25, 0.3) is 0 Å². The Morgan fingerprint density at radius 1 is 0.938 bits per heavy atom. The van der Waals surface area contributed by atoms with E-state index in [0.29, 0.717) is 38.7 Å². The highest BCUT2D eigenvalue weighted by Crippen LogP contribution is 2.13. The average Bonchev–Trinajstić information content (AvgIpc) is 2.96. The average molecular weight is 445 g/mol. The molecule has 2 aliphatic rings. The van der Waals surface area contributed by atoms with E-state index in [2.05, 4.69) is 46.1 Å². The zero-order valence-corrected chi connectivity index (χ0v) is 20.2. The van der Waals surface area contributed by atoms with Crippen LogP contribution < -0.4 is 5.73 Å². The van der Waals surface area contributed by atoms with E-state index in [-0.39, 0.29) is 6.09 Å². The van der Waals surface area contributed by atoms with E-state index in [1.54, 1.807) is 4.90 Å². The Bertz CT molecular complexity index is 766. The van der Waals surface area contributed by atoms with Crippen molar-refractivity contribution in [2.75, 3.05) is 59.4 Å². The topological polar surface area (TPSA) is 77.6 Å². The van der Waals surface area contributed by atoms with Gasteiger partial charge in [0.1, 0.15) is 5.60 Å². The second kappa shape index (κ2) is 11.0. The SMILES string of the molecule is CN1CCCN(Cc2ccc(CN=C(N)N3CCN(C(=O)OC(C)(C)C)CC3)cc2)CC1. The predicted octanol–water partition coefficient (Wildman–Crippen LogP) is 2.19. The molecule has 2 heterocycles. The summed E-state index contributed by atoms with van der Waals surface area (Å²) in [5.74, 6) is 0.534. The van der Waals surface area contributed by atoms with Crippen LogP contribution in [0.25, 0.3) is 0 Å². The summed E-state index contributed by atoms with van der Waals surface area (Å²) in [7, 11) is 2.20. The van der Waals surface area contributed by atoms with Crippen molar-refractivity contribution in [2.24, 2.45) is 10.7 Å². The molecule has 0 aromatic heterocycles. The van der Waals surface area contributed by atoms with E-state index in [4.69, 9.17) is 10.5 Å². The number of carbonyl (C=O) groups is 1. The van der Waals surface area contributed by atoms with E-state index >= 15 is 0 Å². The van der Waals surface area contributed by atoms with Crippen molar-refractivity contribution in [3.05, 3.63) is 35.4 Å². The van der Waals surface area contributed by atoms with Crippen molar-refractivity contribution >= 4 is 12.1 Å². The molecular weight excluding hydrogens is 404 g/mol. The van der Waals surface area contributed by atoms with Gasteiger partial charge in [-0.15, -0.1) is 0 Å². The van der Waals surface area contributed by atoms with E-state index in [1.165, 1.54) is 18.5 Å². The minimum Gasteiger partial charge on any atom is -0.444 e. The molecule has 2 fully saturated rings. The van der Waals surface area contributed by atoms with Gasteiger partial charge in [0.15, 0.2) is 5.96 Å². The summed E-state index contributed by atoms with van der Waals surface area (Å²) >= 11 is 0. The van der Waals surface area contributed by atoms with Crippen LogP contribution in [0.2, 0.25) is 0 Å². The maximum atomic E-state index is 12.2. The first-order valence-electron chi connectivity index (χ1n) is 11.7. The van der Waals surface area contributed by atoms with Gasteiger partial charge >= 0.3 is 6.09 Å². The fraction of sp³-hybridized carbons (Fsp3) is 0.667. The third-order valence-electron chi connectivity index (χ3n) is 5.92. The number of ether oxygens (including phenoxy) is 1. The maximum Gasteiger partial charge on any atom is 0.410 e. The highest BCUT2D eigenvalue weighted by atomic mass is 16.6. The number of rotatable bonds is 4. The third kappa shape index (κ3) is 7.67. The molecule has 1 aromatic carbocycles. The van der Waals surface area contributed by atoms with Gasteiger partial charge in [-0.3, -0.25) is 4.90 Å². The lowest BCUT2D eigenvalue weighted by molar-refractivity contribution is 0.0186. The molecular formula is C24H40N6O2. The lowest BCUT2D eigenvalue weighted by Crippen LogP contribution is -2.53. The van der Waals surface area contributed by atoms with Crippen LogP contribution >= 0.6 is 0 Å². The van der Waals surface area contributed by atoms with Gasteiger partial charge in [-0.1, -0.05) is 24.3 Å². The second-order valence-electron chi connectivity index (χ2n) is 9.88. The van der Waals surface area contributed by atoms with E-state index < -0.39 is 5.60 Å². The quantitative estimate of drug-likeness (QED) is 0.567. The van der Waals surface area contributed by atoms with Gasteiger partial charge in [0, 0.05) is 45.8 Å². The van der Waals surface area contributed by atoms with E-state index in [9.17, 15) is 4.79 Å². The van der Waals surface area contributed by atoms with E-state index in [0.717, 1.165) is 31.7 Å². The summed E-state index contributed by atoms with van der Waals surface area (Å²) < 4.78 is 5.45. The number of guanidine groups is 1. The van der Waals surface area contributed by atoms with Crippen molar-refractivity contribution in [1.82, 2.24) is 19.6 Å². The molecule has 0 unspecified atom stereocenters. The van der Waals surface area contributed by atoms with Crippen molar-refractivity contribution in [1.29, 1.82) is 0 Å². The molecule has 2 aliphatic heterocycles. The van der Waals surface area contributed by atoms with Gasteiger partial charge < -0.3 is 25.2 Å². The molecule has 0 spiro atoms. The predicted molar refractivity (Wildman–Crippen MR) is 129 cm³/mol. The molecule has 1 amide bonds. The summed E-state index contributed by atoms with van der Waals surface area (Å²) in [5, 5.41) is 0. The highest BCUT2D eigenvalue weighted by molar-refractivity contribution is 5.78. The van der Waals surface area contributed by atoms with Gasteiger partial charge in [-0.2, -0.15) is 0 Å². The number of nitrogens with two attached hydrogens (primary N) is 1. The number of hydrogen-bond donors (Lipinski definition) is 1. The summed E-state index contributed by atoms with van der Waals surface area (Å²) in [6, 6.07) is 8.71. The van der Waals surface area contributed by atoms with Gasteiger partial charge in [-0.05, 0) is 58.5 Å². The minimum atomic E-state index is -0.478. The second-order valence-corrected chi connectivity index (χ2v) is 9.88. The number of amides is 1. The first-order chi connectivity index (χ1) is 15.2. The van der Waals surface area contributed by atoms with Crippen LogP contribution in [0.4, 0.5) is 4.79 Å². The van der Waals surface area contributed by atoms with Crippen LogP contribution in [-0.4, -0.2) is 96.7 Å². The number of nitrogens with zero attached hydrogens (tertiary/aromatic N) is 5. The van der Waals surface area contributed by atoms with Crippen LogP contribution in [-0.2, 0) is 17.8 Å². The number of piperazine rings is 1. The zero-order valence-electron chi connectivity index (χ0n) is 20.2. The smallest absolute Gasteiger partial charge is 0.410 e. The molecule has 0 aliphatic carbocycles. The van der Waals surface area contributed by atoms with E-state index in [1.807, 2.05) is 25.7 Å². The van der Waals surface area contributed by atoms with Crippen LogP contribution in [0.3, 0.4) is 0 Å². The Balaban J connectivity index is 1.44. The fourth-order valence-corrected chi connectivity index (χ4v) is 3.98. The van der Waals surface area contributed by atoms with Crippen LogP contribution in [0.5, 0.6) is 0 Å². The molecule has 3 rings (SSSR count). The summed E-state index contributed by atoms with van der Waals surface area (Å²) in [5.41, 5.74) is 8.25. The summed E-state index contributed by atoms with van der Waals surface area (Å²) in [4.78, 5) is 25.5. The molecule has 0 radical (unpaired) electrons. The van der Waals surface area contributed by atoms with Crippen molar-refractivity contribution in [3.63, 3.8) is 0 Å². The molecule has 178 valence electrons. The standard InChI is InChI=1S/C24H40N6O2/c1-24(2,3)32-23(31)30-16-14-29(15-17-30)22(25)26-18-20-6-8-21(9-7-20)19-28-11-5-10-27(4)12-13-28/h6-9H,5,10-19H2,1-4H3,(H2,25,26). The molecule has 0 atom stereocenters. The lowest BCUT2D eigenvalue weighted by atomic mass is 10.1. The number of hydrogen-bond acceptors (Lipinski definition) is 5. The summed E-state index contributed by atoms with van der Waals surface area (Å²) in [6.45, 7) is 14.3. The Morgan fingerprint density at radius 2 is 1.56 bits per heavy atom. The summed E-state index contributed by atoms with van der Waals surface area (Å²) in [6.07, 6.45) is 0.967. The normalized spacial score (nSPS) is 19.7. The fourth-order valence-electron chi connectivity index (χ4n) is 3.98.